The number of thioether (sulfide) groups is 1. The Morgan fingerprint density at radius 3 is 2.58 bits per heavy atom. The van der Waals surface area contributed by atoms with Crippen molar-refractivity contribution >= 4 is 55.7 Å². The Balaban J connectivity index is 0.926. The summed E-state index contributed by atoms with van der Waals surface area (Å²) in [6.07, 6.45) is 12.9. The van der Waals surface area contributed by atoms with Crippen molar-refractivity contribution in [1.82, 2.24) is 24.5 Å². The predicted molar refractivity (Wildman–Crippen MR) is 270 cm³/mol. The van der Waals surface area contributed by atoms with Crippen LogP contribution >= 0.6 is 11.8 Å². The SMILES string of the molecule is [2H]c1ccc(C2=CCC(N3CCCC3c3ccccc3C3CC3)CC2)c(C(=O)NS(=O)(=O)c2ccc(NC(CCN3CCOCC3)CSc3ccccc3)c([N+](=O)[O-])c2)c1Oc1cnc2[nH]ccc2c1. The maximum Gasteiger partial charge on any atom is 0.293 e. The minimum absolute atomic E-state index is 0.126. The number of nitro benzene ring substituents is 1. The summed E-state index contributed by atoms with van der Waals surface area (Å²) in [4.78, 5) is 39.8. The summed E-state index contributed by atoms with van der Waals surface area (Å²) in [6, 6.07) is 29.5. The Morgan fingerprint density at radius 1 is 0.986 bits per heavy atom. The van der Waals surface area contributed by atoms with Gasteiger partial charge in [-0.25, -0.2) is 18.1 Å². The van der Waals surface area contributed by atoms with E-state index in [0.717, 1.165) is 73.8 Å². The fraction of sp³-hybridized carbons (Fsp3) is 0.358. The van der Waals surface area contributed by atoms with Crippen molar-refractivity contribution in [2.24, 2.45) is 0 Å². The van der Waals surface area contributed by atoms with Gasteiger partial charge in [0.05, 0.1) is 36.2 Å². The second kappa shape index (κ2) is 20.9. The number of anilines is 1. The van der Waals surface area contributed by atoms with E-state index >= 15 is 0 Å². The third-order valence-corrected chi connectivity index (χ3v) is 16.3. The number of nitro groups is 1. The molecule has 3 fully saturated rings. The molecule has 2 aromatic heterocycles. The number of pyridine rings is 1. The largest absolute Gasteiger partial charge is 0.455 e. The number of H-pyrrole nitrogens is 1. The maximum atomic E-state index is 14.7. The average Bonchev–Trinajstić information content (AvgIpc) is 3.92. The van der Waals surface area contributed by atoms with Crippen LogP contribution in [0.25, 0.3) is 16.6 Å². The van der Waals surface area contributed by atoms with Crippen molar-refractivity contribution in [2.45, 2.75) is 85.2 Å². The molecule has 16 heteroatoms. The summed E-state index contributed by atoms with van der Waals surface area (Å²) in [7, 11) is -4.72. The number of nitrogens with zero attached hydrogens (tertiary/aromatic N) is 4. The third-order valence-electron chi connectivity index (χ3n) is 13.8. The summed E-state index contributed by atoms with van der Waals surface area (Å²) < 4.78 is 51.7. The van der Waals surface area contributed by atoms with E-state index in [-0.39, 0.29) is 40.9 Å². The van der Waals surface area contributed by atoms with Crippen LogP contribution < -0.4 is 14.8 Å². The number of hydrogen-bond donors (Lipinski definition) is 3. The van der Waals surface area contributed by atoms with Gasteiger partial charge in [0.15, 0.2) is 0 Å². The van der Waals surface area contributed by atoms with Crippen LogP contribution in [0.1, 0.15) is 91.7 Å². The van der Waals surface area contributed by atoms with Gasteiger partial charge in [-0.3, -0.25) is 24.7 Å². The number of sulfonamides is 1. The first-order valence-electron chi connectivity index (χ1n) is 24.5. The molecule has 3 unspecified atom stereocenters. The number of hydrogen-bond acceptors (Lipinski definition) is 12. The first-order valence-corrected chi connectivity index (χ1v) is 26.4. The molecular formula is C53H57N7O7S2. The van der Waals surface area contributed by atoms with E-state index in [1.54, 1.807) is 36.2 Å². The molecular weight excluding hydrogens is 911 g/mol. The molecule has 1 saturated carbocycles. The van der Waals surface area contributed by atoms with Gasteiger partial charge >= 0.3 is 0 Å². The second-order valence-corrected chi connectivity index (χ2v) is 21.1. The Morgan fingerprint density at radius 2 is 1.80 bits per heavy atom. The molecule has 2 aliphatic carbocycles. The summed E-state index contributed by atoms with van der Waals surface area (Å²) in [6.45, 7) is 4.65. The molecule has 1 amide bonds. The Kier molecular flexibility index (Phi) is 13.8. The number of benzene rings is 4. The lowest BCUT2D eigenvalue weighted by molar-refractivity contribution is -0.384. The van der Waals surface area contributed by atoms with Gasteiger partial charge in [0, 0.05) is 66.1 Å². The Bertz CT molecular complexity index is 3020. The number of aromatic nitrogens is 2. The van der Waals surface area contributed by atoms with Crippen molar-refractivity contribution < 1.29 is 29.0 Å². The minimum Gasteiger partial charge on any atom is -0.455 e. The lowest BCUT2D eigenvalue weighted by Gasteiger charge is -2.36. The van der Waals surface area contributed by atoms with Crippen LogP contribution in [0.4, 0.5) is 11.4 Å². The van der Waals surface area contributed by atoms with E-state index in [9.17, 15) is 23.3 Å². The summed E-state index contributed by atoms with van der Waals surface area (Å²) in [5, 5.41) is 16.8. The van der Waals surface area contributed by atoms with Crippen molar-refractivity contribution in [3.8, 4) is 11.5 Å². The van der Waals surface area contributed by atoms with Gasteiger partial charge < -0.3 is 19.8 Å². The molecule has 14 nitrogen and oxygen atoms in total. The van der Waals surface area contributed by atoms with E-state index in [4.69, 9.17) is 10.8 Å². The van der Waals surface area contributed by atoms with Crippen molar-refractivity contribution in [3.05, 3.63) is 154 Å². The van der Waals surface area contributed by atoms with Gasteiger partial charge in [-0.15, -0.1) is 11.8 Å². The van der Waals surface area contributed by atoms with Crippen molar-refractivity contribution in [1.29, 1.82) is 0 Å². The van der Waals surface area contributed by atoms with Crippen LogP contribution in [0, 0.1) is 10.1 Å². The van der Waals surface area contributed by atoms with E-state index < -0.39 is 31.4 Å². The molecule has 4 aliphatic rings. The first-order chi connectivity index (χ1) is 34.1. The molecule has 10 rings (SSSR count). The molecule has 69 heavy (non-hydrogen) atoms. The molecule has 3 N–H and O–H groups in total. The smallest absolute Gasteiger partial charge is 0.293 e. The van der Waals surface area contributed by atoms with E-state index in [1.165, 1.54) is 42.3 Å². The average molecular weight is 969 g/mol. The van der Waals surface area contributed by atoms with Crippen LogP contribution in [0.5, 0.6) is 11.5 Å². The summed E-state index contributed by atoms with van der Waals surface area (Å²) in [5.74, 6) is 0.339. The monoisotopic (exact) mass is 968 g/mol. The predicted octanol–water partition coefficient (Wildman–Crippen LogP) is 10.3. The molecule has 2 aliphatic heterocycles. The number of carbonyl (C=O) groups is 1. The number of fused-ring (bicyclic) bond motifs is 1. The Labute approximate surface area is 408 Å². The highest BCUT2D eigenvalue weighted by molar-refractivity contribution is 7.99. The van der Waals surface area contributed by atoms with Gasteiger partial charge in [-0.1, -0.05) is 60.7 Å². The second-order valence-electron chi connectivity index (χ2n) is 18.3. The minimum atomic E-state index is -4.72. The zero-order valence-electron chi connectivity index (χ0n) is 39.3. The van der Waals surface area contributed by atoms with Crippen molar-refractivity contribution in [3.63, 3.8) is 0 Å². The number of amides is 1. The quantitative estimate of drug-likeness (QED) is 0.0424. The van der Waals surface area contributed by atoms with Gasteiger partial charge in [-0.2, -0.15) is 0 Å². The summed E-state index contributed by atoms with van der Waals surface area (Å²) in [5.41, 5.74) is 4.43. The van der Waals surface area contributed by atoms with Gasteiger partial charge in [0.2, 0.25) is 0 Å². The van der Waals surface area contributed by atoms with Gasteiger partial charge in [0.1, 0.15) is 22.8 Å². The number of likely N-dealkylation sites (tertiary alicyclic amines) is 1. The molecule has 4 heterocycles. The maximum absolute atomic E-state index is 14.7. The number of morpholine rings is 1. The van der Waals surface area contributed by atoms with Crippen LogP contribution in [-0.4, -0.2) is 96.2 Å². The van der Waals surface area contributed by atoms with Crippen LogP contribution in [0.3, 0.4) is 0 Å². The molecule has 0 radical (unpaired) electrons. The fourth-order valence-electron chi connectivity index (χ4n) is 10.1. The standard InChI is InChI=1S/C53H57N7O7S2/c61-53(57-69(64,65)43-21-22-47(49(33-43)60(62)63)56-39(24-27-58-28-30-66-31-29-58)35-68-42-8-2-1-3-9-42)51-45(12-6-14-50(51)67-41-32-38-23-25-54-52(38)55-34-41)37-17-19-40(20-18-37)59-26-7-13-48(59)46-11-5-4-10-44(46)36-15-16-36/h1-6,8-12,14,17,21-23,25,32-34,36,39-40,48,56H,7,13,15-16,18-20,24,26-31,35H2,(H,54,55)(H,57,61)/i14D. The number of carbonyl (C=O) groups excluding carboxylic acids is 1. The lowest BCUT2D eigenvalue weighted by Crippen LogP contribution is -2.39. The zero-order chi connectivity index (χ0) is 48.2. The molecule has 3 atom stereocenters. The Hall–Kier alpha value is -6.04. The number of nitrogens with one attached hydrogen (secondary N) is 3. The highest BCUT2D eigenvalue weighted by Gasteiger charge is 2.37. The van der Waals surface area contributed by atoms with Crippen LogP contribution in [0.2, 0.25) is 0 Å². The molecule has 0 bridgehead atoms. The number of rotatable bonds is 18. The van der Waals surface area contributed by atoms with E-state index in [2.05, 4.69) is 60.1 Å². The fourth-order valence-corrected chi connectivity index (χ4v) is 12.1. The number of allylic oxidation sites excluding steroid dienone is 1. The third kappa shape index (κ3) is 10.9. The highest BCUT2D eigenvalue weighted by Crippen LogP contribution is 2.47. The highest BCUT2D eigenvalue weighted by atomic mass is 32.2. The summed E-state index contributed by atoms with van der Waals surface area (Å²) >= 11 is 1.63. The molecule has 0 spiro atoms. The van der Waals surface area contributed by atoms with Crippen molar-refractivity contribution in [2.75, 3.05) is 50.5 Å². The van der Waals surface area contributed by atoms with E-state index in [1.807, 2.05) is 36.4 Å². The normalized spacial score (nSPS) is 19.7. The first kappa shape index (κ1) is 45.4. The zero-order valence-corrected chi connectivity index (χ0v) is 40.0. The molecule has 4 aromatic carbocycles. The molecule has 6 aromatic rings. The van der Waals surface area contributed by atoms with E-state index in [0.29, 0.717) is 55.0 Å². The number of ether oxygens (including phenoxy) is 2. The lowest BCUT2D eigenvalue weighted by atomic mass is 9.86. The van der Waals surface area contributed by atoms with Gasteiger partial charge in [0.25, 0.3) is 21.6 Å². The van der Waals surface area contributed by atoms with Gasteiger partial charge in [-0.05, 0) is 129 Å². The topological polar surface area (TPSA) is 172 Å². The molecule has 358 valence electrons. The van der Waals surface area contributed by atoms with Crippen LogP contribution in [-0.2, 0) is 14.8 Å². The number of aromatic amines is 1. The molecule has 2 saturated heterocycles. The van der Waals surface area contributed by atoms with Crippen LogP contribution in [0.15, 0.2) is 131 Å².